The Hall–Kier alpha value is -2.67. The predicted octanol–water partition coefficient (Wildman–Crippen LogP) is 3.62. The van der Waals surface area contributed by atoms with Gasteiger partial charge < -0.3 is 15.4 Å². The summed E-state index contributed by atoms with van der Waals surface area (Å²) in [6, 6.07) is 8.27. The number of rotatable bonds is 5. The van der Waals surface area contributed by atoms with Crippen molar-refractivity contribution >= 4 is 17.0 Å². The smallest absolute Gasteiger partial charge is 0.234 e. The molecule has 27 heavy (non-hydrogen) atoms. The number of imidazole rings is 1. The van der Waals surface area contributed by atoms with E-state index in [0.29, 0.717) is 17.5 Å². The highest BCUT2D eigenvalue weighted by atomic mass is 19.1. The molecule has 1 atom stereocenters. The molecule has 1 aliphatic heterocycles. The number of ether oxygens (including phenoxy) is 1. The van der Waals surface area contributed by atoms with Crippen LogP contribution in [0.2, 0.25) is 0 Å². The van der Waals surface area contributed by atoms with E-state index in [1.165, 1.54) is 25.0 Å². The summed E-state index contributed by atoms with van der Waals surface area (Å²) in [6.07, 6.45) is 6.44. The molecule has 3 heterocycles. The van der Waals surface area contributed by atoms with Gasteiger partial charge in [-0.1, -0.05) is 6.07 Å². The SMILES string of the molecule is Fc1cccc(Nc2cc(OC3CCCNC3)nn3c(C4CC4)cnc23)c1. The Balaban J connectivity index is 1.53. The monoisotopic (exact) mass is 367 g/mol. The first-order valence-electron chi connectivity index (χ1n) is 9.55. The maximum atomic E-state index is 13.6. The van der Waals surface area contributed by atoms with Crippen LogP contribution >= 0.6 is 0 Å². The molecule has 2 fully saturated rings. The molecule has 0 amide bonds. The van der Waals surface area contributed by atoms with E-state index in [9.17, 15) is 4.39 Å². The Labute approximate surface area is 156 Å². The van der Waals surface area contributed by atoms with Crippen LogP contribution in [0.15, 0.2) is 36.5 Å². The second-order valence-corrected chi connectivity index (χ2v) is 7.31. The largest absolute Gasteiger partial charge is 0.472 e. The minimum absolute atomic E-state index is 0.110. The number of anilines is 2. The molecule has 6 nitrogen and oxygen atoms in total. The fourth-order valence-electron chi connectivity index (χ4n) is 3.58. The van der Waals surface area contributed by atoms with Gasteiger partial charge in [-0.15, -0.1) is 5.10 Å². The molecule has 1 saturated heterocycles. The summed E-state index contributed by atoms with van der Waals surface area (Å²) in [6.45, 7) is 1.86. The van der Waals surface area contributed by atoms with Crippen LogP contribution in [0.25, 0.3) is 5.65 Å². The minimum Gasteiger partial charge on any atom is -0.472 e. The molecule has 3 aromatic rings. The molecule has 1 aliphatic carbocycles. The van der Waals surface area contributed by atoms with Crippen LogP contribution in [0.3, 0.4) is 0 Å². The summed E-state index contributed by atoms with van der Waals surface area (Å²) in [5.41, 5.74) is 3.28. The Morgan fingerprint density at radius 3 is 2.93 bits per heavy atom. The molecule has 2 aliphatic rings. The highest BCUT2D eigenvalue weighted by molar-refractivity contribution is 5.74. The number of aromatic nitrogens is 3. The van der Waals surface area contributed by atoms with E-state index in [2.05, 4.69) is 15.6 Å². The average Bonchev–Trinajstić information content (AvgIpc) is 3.42. The molecular weight excluding hydrogens is 345 g/mol. The number of nitrogens with zero attached hydrogens (tertiary/aromatic N) is 3. The van der Waals surface area contributed by atoms with Gasteiger partial charge >= 0.3 is 0 Å². The van der Waals surface area contributed by atoms with E-state index in [1.54, 1.807) is 6.07 Å². The van der Waals surface area contributed by atoms with Gasteiger partial charge in [0.1, 0.15) is 11.9 Å². The standard InChI is InChI=1S/C20H22FN5O/c21-14-3-1-4-15(9-14)24-17-10-19(27-16-5-2-8-22-11-16)25-26-18(13-6-7-13)12-23-20(17)26/h1,3-4,9-10,12-13,16,22,24H,2,5-8,11H2. The number of hydrogen-bond donors (Lipinski definition) is 2. The fourth-order valence-corrected chi connectivity index (χ4v) is 3.58. The summed E-state index contributed by atoms with van der Waals surface area (Å²) in [4.78, 5) is 4.56. The number of fused-ring (bicyclic) bond motifs is 1. The van der Waals surface area contributed by atoms with Crippen LogP contribution in [0.4, 0.5) is 15.8 Å². The third-order valence-electron chi connectivity index (χ3n) is 5.11. The number of hydrogen-bond acceptors (Lipinski definition) is 5. The highest BCUT2D eigenvalue weighted by Gasteiger charge is 2.28. The van der Waals surface area contributed by atoms with Crippen molar-refractivity contribution in [1.82, 2.24) is 19.9 Å². The van der Waals surface area contributed by atoms with Crippen molar-refractivity contribution in [3.63, 3.8) is 0 Å². The van der Waals surface area contributed by atoms with Gasteiger partial charge in [-0.25, -0.2) is 13.9 Å². The highest BCUT2D eigenvalue weighted by Crippen LogP contribution is 2.41. The third kappa shape index (κ3) is 3.47. The number of halogens is 1. The molecular formula is C20H22FN5O. The molecule has 1 aromatic carbocycles. The van der Waals surface area contributed by atoms with Gasteiger partial charge in [0.05, 0.1) is 17.6 Å². The van der Waals surface area contributed by atoms with Gasteiger partial charge in [0.25, 0.3) is 0 Å². The van der Waals surface area contributed by atoms with Crippen molar-refractivity contribution < 1.29 is 9.13 Å². The van der Waals surface area contributed by atoms with Gasteiger partial charge in [-0.05, 0) is 50.4 Å². The van der Waals surface area contributed by atoms with E-state index in [0.717, 1.165) is 43.0 Å². The molecule has 2 aromatic heterocycles. The van der Waals surface area contributed by atoms with Gasteiger partial charge in [0.2, 0.25) is 5.88 Å². The summed E-state index contributed by atoms with van der Waals surface area (Å²) >= 11 is 0. The molecule has 0 spiro atoms. The van der Waals surface area contributed by atoms with Crippen LogP contribution in [0.5, 0.6) is 5.88 Å². The van der Waals surface area contributed by atoms with E-state index in [1.807, 2.05) is 22.8 Å². The first-order valence-corrected chi connectivity index (χ1v) is 9.55. The molecule has 5 rings (SSSR count). The quantitative estimate of drug-likeness (QED) is 0.721. The van der Waals surface area contributed by atoms with Crippen molar-refractivity contribution in [2.75, 3.05) is 18.4 Å². The van der Waals surface area contributed by atoms with Crippen molar-refractivity contribution in [3.8, 4) is 5.88 Å². The maximum absolute atomic E-state index is 13.6. The molecule has 0 radical (unpaired) electrons. The lowest BCUT2D eigenvalue weighted by atomic mass is 10.1. The van der Waals surface area contributed by atoms with Gasteiger partial charge in [0, 0.05) is 24.2 Å². The van der Waals surface area contributed by atoms with Gasteiger partial charge in [0.15, 0.2) is 5.65 Å². The lowest BCUT2D eigenvalue weighted by molar-refractivity contribution is 0.158. The Kier molecular flexibility index (Phi) is 4.16. The molecule has 1 saturated carbocycles. The first kappa shape index (κ1) is 16.5. The summed E-state index contributed by atoms with van der Waals surface area (Å²) in [5.74, 6) is 0.799. The van der Waals surface area contributed by atoms with Gasteiger partial charge in [-0.3, -0.25) is 0 Å². The van der Waals surface area contributed by atoms with Crippen LogP contribution in [0, 0.1) is 5.82 Å². The van der Waals surface area contributed by atoms with E-state index in [4.69, 9.17) is 9.84 Å². The number of nitrogens with one attached hydrogen (secondary N) is 2. The molecule has 140 valence electrons. The van der Waals surface area contributed by atoms with Crippen LogP contribution in [-0.2, 0) is 0 Å². The summed E-state index contributed by atoms with van der Waals surface area (Å²) in [5, 5.41) is 11.3. The Morgan fingerprint density at radius 1 is 1.22 bits per heavy atom. The van der Waals surface area contributed by atoms with Crippen molar-refractivity contribution in [3.05, 3.63) is 48.0 Å². The molecule has 7 heteroatoms. The van der Waals surface area contributed by atoms with Crippen molar-refractivity contribution in [2.45, 2.75) is 37.7 Å². The topological polar surface area (TPSA) is 63.5 Å². The van der Waals surface area contributed by atoms with Crippen molar-refractivity contribution in [1.29, 1.82) is 0 Å². The second kappa shape index (κ2) is 6.81. The normalized spacial score (nSPS) is 20.0. The zero-order valence-electron chi connectivity index (χ0n) is 15.0. The lowest BCUT2D eigenvalue weighted by Crippen LogP contribution is -2.37. The average molecular weight is 367 g/mol. The zero-order valence-corrected chi connectivity index (χ0v) is 15.0. The second-order valence-electron chi connectivity index (χ2n) is 7.31. The van der Waals surface area contributed by atoms with Crippen molar-refractivity contribution in [2.24, 2.45) is 0 Å². The van der Waals surface area contributed by atoms with Crippen LogP contribution < -0.4 is 15.4 Å². The first-order chi connectivity index (χ1) is 13.3. The number of piperidine rings is 1. The van der Waals surface area contributed by atoms with Crippen LogP contribution in [0.1, 0.15) is 37.3 Å². The molecule has 2 N–H and O–H groups in total. The Bertz CT molecular complexity index is 962. The summed E-state index contributed by atoms with van der Waals surface area (Å²) < 4.78 is 21.6. The predicted molar refractivity (Wildman–Crippen MR) is 101 cm³/mol. The fraction of sp³-hybridized carbons (Fsp3) is 0.400. The minimum atomic E-state index is -0.281. The third-order valence-corrected chi connectivity index (χ3v) is 5.11. The Morgan fingerprint density at radius 2 is 2.15 bits per heavy atom. The van der Waals surface area contributed by atoms with E-state index >= 15 is 0 Å². The zero-order chi connectivity index (χ0) is 18.2. The number of benzene rings is 1. The summed E-state index contributed by atoms with van der Waals surface area (Å²) in [7, 11) is 0. The molecule has 0 bridgehead atoms. The van der Waals surface area contributed by atoms with E-state index in [-0.39, 0.29) is 11.9 Å². The van der Waals surface area contributed by atoms with Crippen LogP contribution in [-0.4, -0.2) is 33.8 Å². The maximum Gasteiger partial charge on any atom is 0.234 e. The lowest BCUT2D eigenvalue weighted by Gasteiger charge is -2.23. The molecule has 1 unspecified atom stereocenters. The van der Waals surface area contributed by atoms with E-state index < -0.39 is 0 Å². The van der Waals surface area contributed by atoms with Gasteiger partial charge in [-0.2, -0.15) is 0 Å².